The monoisotopic (exact) mass is 254 g/mol. The molecule has 18 heavy (non-hydrogen) atoms. The van der Waals surface area contributed by atoms with Crippen LogP contribution in [0.5, 0.6) is 5.75 Å². The fraction of sp³-hybridized carbons (Fsp3) is 0.571. The summed E-state index contributed by atoms with van der Waals surface area (Å²) in [5, 5.41) is 11.8. The highest BCUT2D eigenvalue weighted by atomic mass is 16.5. The summed E-state index contributed by atoms with van der Waals surface area (Å²) < 4.78 is 10.5. The number of benzene rings is 1. The number of hydrogen-bond donors (Lipinski definition) is 2. The normalized spacial score (nSPS) is 12.4. The highest BCUT2D eigenvalue weighted by Crippen LogP contribution is 2.11. The molecule has 0 saturated heterocycles. The number of rotatable bonds is 9. The molecule has 0 heterocycles. The van der Waals surface area contributed by atoms with E-state index in [2.05, 4.69) is 5.32 Å². The van der Waals surface area contributed by atoms with Gasteiger partial charge in [-0.15, -0.1) is 0 Å². The van der Waals surface area contributed by atoms with E-state index in [1.807, 2.05) is 31.2 Å². The van der Waals surface area contributed by atoms with E-state index >= 15 is 0 Å². The zero-order valence-electron chi connectivity index (χ0n) is 11.3. The minimum absolute atomic E-state index is 0.337. The van der Waals surface area contributed by atoms with E-state index in [1.54, 1.807) is 7.11 Å². The Hall–Kier alpha value is -1.10. The van der Waals surface area contributed by atoms with Crippen LogP contribution in [0.25, 0.3) is 0 Å². The van der Waals surface area contributed by atoms with Gasteiger partial charge in [-0.1, -0.05) is 17.7 Å². The van der Waals surface area contributed by atoms with E-state index < -0.39 is 6.10 Å². The molecule has 1 atom stereocenters. The van der Waals surface area contributed by atoms with Crippen LogP contribution in [0.1, 0.15) is 12.0 Å². The van der Waals surface area contributed by atoms with Gasteiger partial charge in [-0.05, 0) is 19.1 Å². The first-order chi connectivity index (χ1) is 8.72. The lowest BCUT2D eigenvalue weighted by molar-refractivity contribution is -0.661. The predicted molar refractivity (Wildman–Crippen MR) is 70.8 cm³/mol. The molecule has 0 aliphatic heterocycles. The number of nitrogens with two attached hydrogens (primary N) is 1. The number of hydrogen-bond acceptors (Lipinski definition) is 3. The molecule has 0 unspecified atom stereocenters. The first kappa shape index (κ1) is 15.0. The van der Waals surface area contributed by atoms with Gasteiger partial charge in [-0.3, -0.25) is 0 Å². The van der Waals surface area contributed by atoms with Crippen LogP contribution in [0.2, 0.25) is 0 Å². The Balaban J connectivity index is 2.09. The van der Waals surface area contributed by atoms with Gasteiger partial charge in [-0.25, -0.2) is 0 Å². The molecule has 0 aromatic heterocycles. The number of ether oxygens (including phenoxy) is 2. The molecule has 102 valence electrons. The topological polar surface area (TPSA) is 55.3 Å². The van der Waals surface area contributed by atoms with Crippen molar-refractivity contribution in [1.29, 1.82) is 0 Å². The van der Waals surface area contributed by atoms with Crippen LogP contribution in [0.3, 0.4) is 0 Å². The molecule has 3 N–H and O–H groups in total. The Labute approximate surface area is 109 Å². The van der Waals surface area contributed by atoms with Gasteiger partial charge in [-0.2, -0.15) is 0 Å². The standard InChI is InChI=1S/C14H23NO3/c1-12-4-6-14(7-5-12)18-11-13(16)10-15-8-3-9-17-2/h4-7,13,15-16H,3,8-11H2,1-2H3/p+1/t13-/m0/s1. The van der Waals surface area contributed by atoms with Gasteiger partial charge in [0.15, 0.2) is 0 Å². The molecular formula is C14H24NO3+. The number of aryl methyl sites for hydroxylation is 1. The molecule has 0 fully saturated rings. The predicted octanol–water partition coefficient (Wildman–Crippen LogP) is 0.335. The molecule has 0 saturated carbocycles. The van der Waals surface area contributed by atoms with Crippen molar-refractivity contribution in [2.75, 3.05) is 33.4 Å². The first-order valence-corrected chi connectivity index (χ1v) is 6.40. The summed E-state index contributed by atoms with van der Waals surface area (Å²) in [5.74, 6) is 0.805. The Bertz CT molecular complexity index is 313. The van der Waals surface area contributed by atoms with E-state index in [0.29, 0.717) is 13.2 Å². The van der Waals surface area contributed by atoms with Crippen molar-refractivity contribution in [2.24, 2.45) is 0 Å². The average Bonchev–Trinajstić information content (AvgIpc) is 2.38. The fourth-order valence-electron chi connectivity index (χ4n) is 1.58. The summed E-state index contributed by atoms with van der Waals surface area (Å²) in [6, 6.07) is 7.84. The van der Waals surface area contributed by atoms with Gasteiger partial charge < -0.3 is 19.9 Å². The highest BCUT2D eigenvalue weighted by molar-refractivity contribution is 5.26. The van der Waals surface area contributed by atoms with Crippen molar-refractivity contribution in [3.8, 4) is 5.75 Å². The van der Waals surface area contributed by atoms with Gasteiger partial charge in [0.1, 0.15) is 25.0 Å². The molecule has 0 radical (unpaired) electrons. The molecule has 4 nitrogen and oxygen atoms in total. The van der Waals surface area contributed by atoms with Crippen LogP contribution in [0.4, 0.5) is 0 Å². The lowest BCUT2D eigenvalue weighted by Gasteiger charge is -2.11. The van der Waals surface area contributed by atoms with Crippen LogP contribution >= 0.6 is 0 Å². The van der Waals surface area contributed by atoms with E-state index in [0.717, 1.165) is 25.3 Å². The van der Waals surface area contributed by atoms with Crippen molar-refractivity contribution in [3.05, 3.63) is 29.8 Å². The fourth-order valence-corrected chi connectivity index (χ4v) is 1.58. The second-order valence-corrected chi connectivity index (χ2v) is 4.44. The van der Waals surface area contributed by atoms with Crippen molar-refractivity contribution in [1.82, 2.24) is 0 Å². The molecule has 1 aromatic carbocycles. The van der Waals surface area contributed by atoms with E-state index in [1.165, 1.54) is 5.56 Å². The molecule has 1 rings (SSSR count). The number of aliphatic hydroxyl groups is 1. The van der Waals surface area contributed by atoms with Crippen molar-refractivity contribution in [2.45, 2.75) is 19.4 Å². The summed E-state index contributed by atoms with van der Waals surface area (Å²) in [6.45, 7) is 4.77. The second-order valence-electron chi connectivity index (χ2n) is 4.44. The molecule has 0 amide bonds. The third-order valence-electron chi connectivity index (χ3n) is 2.66. The van der Waals surface area contributed by atoms with Gasteiger partial charge in [0.25, 0.3) is 0 Å². The smallest absolute Gasteiger partial charge is 0.137 e. The zero-order valence-corrected chi connectivity index (χ0v) is 11.3. The van der Waals surface area contributed by atoms with E-state index in [-0.39, 0.29) is 0 Å². The maximum absolute atomic E-state index is 9.73. The minimum Gasteiger partial charge on any atom is -0.491 e. The molecule has 0 aliphatic rings. The molecule has 0 bridgehead atoms. The molecule has 0 aliphatic carbocycles. The van der Waals surface area contributed by atoms with E-state index in [4.69, 9.17) is 9.47 Å². The van der Waals surface area contributed by atoms with Crippen LogP contribution in [0.15, 0.2) is 24.3 Å². The van der Waals surface area contributed by atoms with Crippen LogP contribution in [-0.4, -0.2) is 44.6 Å². The molecular weight excluding hydrogens is 230 g/mol. The number of quaternary nitrogens is 1. The Morgan fingerprint density at radius 1 is 1.28 bits per heavy atom. The highest BCUT2D eigenvalue weighted by Gasteiger charge is 2.07. The van der Waals surface area contributed by atoms with E-state index in [9.17, 15) is 5.11 Å². The molecule has 4 heteroatoms. The van der Waals surface area contributed by atoms with Crippen LogP contribution in [-0.2, 0) is 4.74 Å². The summed E-state index contributed by atoms with van der Waals surface area (Å²) in [6.07, 6.45) is 0.566. The van der Waals surface area contributed by atoms with Gasteiger partial charge >= 0.3 is 0 Å². The van der Waals surface area contributed by atoms with Crippen LogP contribution < -0.4 is 10.1 Å². The summed E-state index contributed by atoms with van der Waals surface area (Å²) in [7, 11) is 1.70. The lowest BCUT2D eigenvalue weighted by atomic mass is 10.2. The van der Waals surface area contributed by atoms with Crippen molar-refractivity contribution in [3.63, 3.8) is 0 Å². The van der Waals surface area contributed by atoms with Gasteiger partial charge in [0, 0.05) is 13.5 Å². The molecule has 1 aromatic rings. The number of methoxy groups -OCH3 is 1. The quantitative estimate of drug-likeness (QED) is 0.625. The van der Waals surface area contributed by atoms with Crippen LogP contribution in [0, 0.1) is 6.92 Å². The summed E-state index contributed by atoms with van der Waals surface area (Å²) >= 11 is 0. The average molecular weight is 254 g/mol. The minimum atomic E-state index is -0.436. The van der Waals surface area contributed by atoms with Gasteiger partial charge in [0.2, 0.25) is 0 Å². The lowest BCUT2D eigenvalue weighted by Crippen LogP contribution is -2.86. The SMILES string of the molecule is COCCC[NH2+]C[C@H](O)COc1ccc(C)cc1. The number of aliphatic hydroxyl groups excluding tert-OH is 1. The third kappa shape index (κ3) is 6.59. The summed E-state index contributed by atoms with van der Waals surface area (Å²) in [5.41, 5.74) is 1.20. The largest absolute Gasteiger partial charge is 0.491 e. The molecule has 0 spiro atoms. The van der Waals surface area contributed by atoms with Crippen molar-refractivity contribution < 1.29 is 19.9 Å². The third-order valence-corrected chi connectivity index (χ3v) is 2.66. The van der Waals surface area contributed by atoms with Gasteiger partial charge in [0.05, 0.1) is 13.2 Å². The second kappa shape index (κ2) is 8.91. The Morgan fingerprint density at radius 2 is 2.00 bits per heavy atom. The Kier molecular flexibility index (Phi) is 7.41. The zero-order chi connectivity index (χ0) is 13.2. The summed E-state index contributed by atoms with van der Waals surface area (Å²) in [4.78, 5) is 0. The van der Waals surface area contributed by atoms with Crippen molar-refractivity contribution >= 4 is 0 Å². The first-order valence-electron chi connectivity index (χ1n) is 6.40. The Morgan fingerprint density at radius 3 is 2.67 bits per heavy atom. The maximum Gasteiger partial charge on any atom is 0.137 e. The maximum atomic E-state index is 9.73.